The van der Waals surface area contributed by atoms with Crippen LogP contribution in [0, 0.1) is 39.9 Å². The Bertz CT molecular complexity index is 371. The highest BCUT2D eigenvalue weighted by Gasteiger charge is 2.59. The first-order valence-corrected chi connectivity index (χ1v) is 7.53. The maximum absolute atomic E-state index is 9.58. The molecule has 0 saturated heterocycles. The van der Waals surface area contributed by atoms with Gasteiger partial charge in [0.15, 0.2) is 0 Å². The molecule has 1 N–H and O–H groups in total. The van der Waals surface area contributed by atoms with Gasteiger partial charge in [0.25, 0.3) is 0 Å². The van der Waals surface area contributed by atoms with Gasteiger partial charge in [-0.05, 0) is 42.4 Å². The van der Waals surface area contributed by atoms with E-state index in [0.29, 0.717) is 17.8 Å². The number of hydrogen-bond donors (Lipinski definition) is 1. The lowest BCUT2D eigenvalue weighted by Gasteiger charge is -2.39. The first kappa shape index (κ1) is 14.8. The smallest absolute Gasteiger partial charge is 0.0839 e. The molecule has 2 fully saturated rings. The van der Waals surface area contributed by atoms with E-state index in [4.69, 9.17) is 4.74 Å². The Balaban J connectivity index is 2.01. The van der Waals surface area contributed by atoms with Crippen molar-refractivity contribution in [3.05, 3.63) is 0 Å². The van der Waals surface area contributed by atoms with E-state index in [2.05, 4.69) is 33.8 Å². The van der Waals surface area contributed by atoms with Crippen LogP contribution in [-0.2, 0) is 4.74 Å². The third-order valence-corrected chi connectivity index (χ3v) is 5.64. The van der Waals surface area contributed by atoms with Crippen LogP contribution < -0.4 is 0 Å². The molecule has 5 unspecified atom stereocenters. The maximum Gasteiger partial charge on any atom is 0.0839 e. The summed E-state index contributed by atoms with van der Waals surface area (Å²) in [4.78, 5) is 0. The van der Waals surface area contributed by atoms with Crippen molar-refractivity contribution in [1.29, 1.82) is 5.26 Å². The zero-order chi connectivity index (χ0) is 14.3. The van der Waals surface area contributed by atoms with Gasteiger partial charge in [-0.15, -0.1) is 0 Å². The van der Waals surface area contributed by atoms with Gasteiger partial charge in [0.2, 0.25) is 0 Å². The van der Waals surface area contributed by atoms with Gasteiger partial charge in [0, 0.05) is 0 Å². The fourth-order valence-electron chi connectivity index (χ4n) is 3.94. The van der Waals surface area contributed by atoms with E-state index in [1.807, 2.05) is 0 Å². The number of aliphatic hydroxyl groups is 1. The van der Waals surface area contributed by atoms with Crippen molar-refractivity contribution in [2.45, 2.75) is 53.1 Å². The SMILES string of the molecule is CCC(C)(C)COC1C2CC(C1C)C(C#N)(CO)C2. The lowest BCUT2D eigenvalue weighted by atomic mass is 9.69. The molecule has 19 heavy (non-hydrogen) atoms. The van der Waals surface area contributed by atoms with Gasteiger partial charge in [0.05, 0.1) is 30.8 Å². The summed E-state index contributed by atoms with van der Waals surface area (Å²) >= 11 is 0. The summed E-state index contributed by atoms with van der Waals surface area (Å²) in [6, 6.07) is 2.39. The molecular formula is C16H27NO2. The molecule has 2 aliphatic rings. The molecule has 0 amide bonds. The minimum atomic E-state index is -0.496. The summed E-state index contributed by atoms with van der Waals surface area (Å²) in [6.07, 6.45) is 3.25. The number of rotatable bonds is 5. The van der Waals surface area contributed by atoms with E-state index < -0.39 is 5.41 Å². The average molecular weight is 265 g/mol. The molecule has 3 nitrogen and oxygen atoms in total. The van der Waals surface area contributed by atoms with E-state index in [0.717, 1.165) is 25.9 Å². The summed E-state index contributed by atoms with van der Waals surface area (Å²) in [7, 11) is 0. The van der Waals surface area contributed by atoms with Crippen molar-refractivity contribution >= 4 is 0 Å². The number of ether oxygens (including phenoxy) is 1. The number of hydrogen-bond acceptors (Lipinski definition) is 3. The van der Waals surface area contributed by atoms with Gasteiger partial charge in [-0.2, -0.15) is 5.26 Å². The highest BCUT2D eigenvalue weighted by molar-refractivity contribution is 5.16. The van der Waals surface area contributed by atoms with Gasteiger partial charge >= 0.3 is 0 Å². The number of aliphatic hydroxyl groups excluding tert-OH is 1. The van der Waals surface area contributed by atoms with E-state index in [1.54, 1.807) is 0 Å². The standard InChI is InChI=1S/C16H27NO2/c1-5-15(3,4)10-19-14-11(2)13-6-12(14)7-16(13,8-17)9-18/h11-14,18H,5-7,9-10H2,1-4H3. The first-order chi connectivity index (χ1) is 8.89. The molecule has 0 spiro atoms. The van der Waals surface area contributed by atoms with Gasteiger partial charge in [0.1, 0.15) is 0 Å². The normalized spacial score (nSPS) is 41.5. The highest BCUT2D eigenvalue weighted by Crippen LogP contribution is 2.59. The summed E-state index contributed by atoms with van der Waals surface area (Å²) in [6.45, 7) is 9.65. The molecule has 0 aliphatic heterocycles. The minimum Gasteiger partial charge on any atom is -0.395 e. The van der Waals surface area contributed by atoms with Gasteiger partial charge in [-0.1, -0.05) is 27.7 Å². The molecule has 2 bridgehead atoms. The molecule has 0 aromatic heterocycles. The van der Waals surface area contributed by atoms with Crippen LogP contribution in [0.5, 0.6) is 0 Å². The van der Waals surface area contributed by atoms with Crippen molar-refractivity contribution in [3.8, 4) is 6.07 Å². The molecule has 2 rings (SSSR count). The van der Waals surface area contributed by atoms with Crippen LogP contribution in [0.4, 0.5) is 0 Å². The summed E-state index contributed by atoms with van der Waals surface area (Å²) < 4.78 is 6.20. The number of nitriles is 1. The molecule has 0 aromatic rings. The predicted octanol–water partition coefficient (Wildman–Crippen LogP) is 2.99. The Morgan fingerprint density at radius 2 is 2.16 bits per heavy atom. The van der Waals surface area contributed by atoms with E-state index >= 15 is 0 Å². The maximum atomic E-state index is 9.58. The van der Waals surface area contributed by atoms with Crippen LogP contribution in [0.15, 0.2) is 0 Å². The quantitative estimate of drug-likeness (QED) is 0.831. The van der Waals surface area contributed by atoms with E-state index in [-0.39, 0.29) is 18.1 Å². The highest BCUT2D eigenvalue weighted by atomic mass is 16.5. The van der Waals surface area contributed by atoms with Crippen LogP contribution in [-0.4, -0.2) is 24.4 Å². The first-order valence-electron chi connectivity index (χ1n) is 7.53. The second-order valence-corrected chi connectivity index (χ2v) is 7.38. The lowest BCUT2D eigenvalue weighted by Crippen LogP contribution is -2.42. The van der Waals surface area contributed by atoms with Gasteiger partial charge in [-0.25, -0.2) is 0 Å². The van der Waals surface area contributed by atoms with Gasteiger partial charge < -0.3 is 9.84 Å². The van der Waals surface area contributed by atoms with Crippen molar-refractivity contribution < 1.29 is 9.84 Å². The lowest BCUT2D eigenvalue weighted by molar-refractivity contribution is -0.0710. The van der Waals surface area contributed by atoms with Gasteiger partial charge in [-0.3, -0.25) is 0 Å². The Morgan fingerprint density at radius 3 is 2.63 bits per heavy atom. The summed E-state index contributed by atoms with van der Waals surface area (Å²) in [5.41, 5.74) is -0.269. The molecular weight excluding hydrogens is 238 g/mol. The van der Waals surface area contributed by atoms with Crippen molar-refractivity contribution in [1.82, 2.24) is 0 Å². The van der Waals surface area contributed by atoms with Crippen LogP contribution >= 0.6 is 0 Å². The van der Waals surface area contributed by atoms with E-state index in [1.165, 1.54) is 0 Å². The molecule has 5 atom stereocenters. The third-order valence-electron chi connectivity index (χ3n) is 5.64. The monoisotopic (exact) mass is 265 g/mol. The molecule has 2 saturated carbocycles. The van der Waals surface area contributed by atoms with Crippen molar-refractivity contribution in [3.63, 3.8) is 0 Å². The van der Waals surface area contributed by atoms with Crippen molar-refractivity contribution in [2.75, 3.05) is 13.2 Å². The summed E-state index contributed by atoms with van der Waals surface area (Å²) in [5, 5.41) is 19.0. The number of fused-ring (bicyclic) bond motifs is 2. The topological polar surface area (TPSA) is 53.2 Å². The van der Waals surface area contributed by atoms with Crippen LogP contribution in [0.25, 0.3) is 0 Å². The minimum absolute atomic E-state index is 0.00216. The zero-order valence-electron chi connectivity index (χ0n) is 12.6. The Hall–Kier alpha value is -0.590. The number of nitrogens with zero attached hydrogens (tertiary/aromatic N) is 1. The zero-order valence-corrected chi connectivity index (χ0v) is 12.6. The Kier molecular flexibility index (Phi) is 3.95. The second-order valence-electron chi connectivity index (χ2n) is 7.38. The summed E-state index contributed by atoms with van der Waals surface area (Å²) in [5.74, 6) is 1.15. The van der Waals surface area contributed by atoms with Crippen LogP contribution in [0.3, 0.4) is 0 Å². The fourth-order valence-corrected chi connectivity index (χ4v) is 3.94. The van der Waals surface area contributed by atoms with Crippen LogP contribution in [0.2, 0.25) is 0 Å². The molecule has 2 aliphatic carbocycles. The average Bonchev–Trinajstić information content (AvgIpc) is 2.92. The Labute approximate surface area is 117 Å². The molecule has 108 valence electrons. The van der Waals surface area contributed by atoms with Crippen molar-refractivity contribution in [2.24, 2.45) is 28.6 Å². The largest absolute Gasteiger partial charge is 0.395 e. The van der Waals surface area contributed by atoms with Crippen LogP contribution in [0.1, 0.15) is 47.0 Å². The molecule has 0 radical (unpaired) electrons. The molecule has 0 heterocycles. The predicted molar refractivity (Wildman–Crippen MR) is 74.3 cm³/mol. The third kappa shape index (κ3) is 2.41. The molecule has 0 aromatic carbocycles. The Morgan fingerprint density at radius 1 is 1.47 bits per heavy atom. The second kappa shape index (κ2) is 5.07. The fraction of sp³-hybridized carbons (Fsp3) is 0.938. The molecule has 3 heteroatoms. The van der Waals surface area contributed by atoms with E-state index in [9.17, 15) is 10.4 Å².